The lowest BCUT2D eigenvalue weighted by Crippen LogP contribution is -2.47. The van der Waals surface area contributed by atoms with Gasteiger partial charge in [0.15, 0.2) is 6.10 Å². The molecule has 0 aliphatic carbocycles. The summed E-state index contributed by atoms with van der Waals surface area (Å²) in [5, 5.41) is 3.82. The summed E-state index contributed by atoms with van der Waals surface area (Å²) in [7, 11) is 0. The molecule has 1 atom stereocenters. The maximum atomic E-state index is 14.3. The molecule has 3 rings (SSSR count). The highest BCUT2D eigenvalue weighted by Gasteiger charge is 2.26. The number of hydrogen-bond donors (Lipinski definition) is 2. The minimum absolute atomic E-state index is 0.0529. The molecule has 2 aromatic carbocycles. The van der Waals surface area contributed by atoms with Crippen LogP contribution in [0.2, 0.25) is 5.02 Å². The molecule has 30 heavy (non-hydrogen) atoms. The molecule has 1 heterocycles. The summed E-state index contributed by atoms with van der Waals surface area (Å²) in [6.07, 6.45) is -0.899. The first kappa shape index (κ1) is 21.8. The predicted octanol–water partition coefficient (Wildman–Crippen LogP) is 4.43. The summed E-state index contributed by atoms with van der Waals surface area (Å²) >= 11 is 9.38. The second kappa shape index (κ2) is 9.27. The number of aryl methyl sites for hydroxylation is 1. The third-order valence-corrected chi connectivity index (χ3v) is 4.87. The number of hydrogen-bond acceptors (Lipinski definition) is 5. The molecule has 0 saturated heterocycles. The van der Waals surface area contributed by atoms with Crippen molar-refractivity contribution >= 4 is 39.3 Å². The Kier molecular flexibility index (Phi) is 6.73. The van der Waals surface area contributed by atoms with E-state index in [4.69, 9.17) is 20.9 Å². The molecule has 0 saturated carbocycles. The largest absolute Gasteiger partial charge is 0.481 e. The Morgan fingerprint density at radius 2 is 1.97 bits per heavy atom. The number of carbonyl (C=O) groups excluding carboxylic acids is 2. The standard InChI is InChI=1S/C20H16BrClFN3O4/c1-10-16(18(26-30-10)17-14(22)7-4-8-15(17)23)20(28)25-24-19(27)11(2)29-13-6-3-5-12(21)9-13/h3-9,11H,1-2H3,(H,24,27)(H,25,28). The number of aromatic nitrogens is 1. The fourth-order valence-electron chi connectivity index (χ4n) is 2.61. The molecule has 0 aliphatic rings. The minimum atomic E-state index is -0.899. The minimum Gasteiger partial charge on any atom is -0.481 e. The van der Waals surface area contributed by atoms with Crippen LogP contribution >= 0.6 is 27.5 Å². The number of nitrogens with one attached hydrogen (secondary N) is 2. The number of nitrogens with zero attached hydrogens (tertiary/aromatic N) is 1. The van der Waals surface area contributed by atoms with Gasteiger partial charge in [-0.1, -0.05) is 44.8 Å². The fourth-order valence-corrected chi connectivity index (χ4v) is 3.25. The number of carbonyl (C=O) groups is 2. The smallest absolute Gasteiger partial charge is 0.279 e. The molecular formula is C20H16BrClFN3O4. The zero-order valence-corrected chi connectivity index (χ0v) is 18.2. The van der Waals surface area contributed by atoms with Crippen molar-refractivity contribution in [3.05, 3.63) is 69.1 Å². The van der Waals surface area contributed by atoms with E-state index in [-0.39, 0.29) is 27.6 Å². The van der Waals surface area contributed by atoms with Crippen molar-refractivity contribution in [2.75, 3.05) is 0 Å². The molecule has 156 valence electrons. The topological polar surface area (TPSA) is 93.5 Å². The number of rotatable bonds is 5. The molecular weight excluding hydrogens is 481 g/mol. The monoisotopic (exact) mass is 495 g/mol. The fraction of sp³-hybridized carbons (Fsp3) is 0.150. The molecule has 0 fully saturated rings. The van der Waals surface area contributed by atoms with Gasteiger partial charge in [0.25, 0.3) is 11.8 Å². The molecule has 3 aromatic rings. The average molecular weight is 497 g/mol. The summed E-state index contributed by atoms with van der Waals surface area (Å²) < 4.78 is 25.6. The maximum absolute atomic E-state index is 14.3. The highest BCUT2D eigenvalue weighted by molar-refractivity contribution is 9.10. The Balaban J connectivity index is 1.71. The first-order valence-electron chi connectivity index (χ1n) is 8.71. The number of ether oxygens (including phenoxy) is 1. The molecule has 7 nitrogen and oxygen atoms in total. The van der Waals surface area contributed by atoms with Gasteiger partial charge in [0, 0.05) is 4.47 Å². The number of amides is 2. The quantitative estimate of drug-likeness (QED) is 0.510. The Morgan fingerprint density at radius 1 is 1.23 bits per heavy atom. The molecule has 0 bridgehead atoms. The van der Waals surface area contributed by atoms with Crippen LogP contribution in [-0.2, 0) is 4.79 Å². The van der Waals surface area contributed by atoms with Gasteiger partial charge in [-0.2, -0.15) is 0 Å². The van der Waals surface area contributed by atoms with Crippen LogP contribution < -0.4 is 15.6 Å². The van der Waals surface area contributed by atoms with Crippen molar-refractivity contribution in [3.63, 3.8) is 0 Å². The van der Waals surface area contributed by atoms with E-state index in [1.807, 2.05) is 6.07 Å². The Bertz CT molecular complexity index is 1090. The Labute approximate surface area is 184 Å². The Morgan fingerprint density at radius 3 is 2.67 bits per heavy atom. The van der Waals surface area contributed by atoms with Gasteiger partial charge in [-0.05, 0) is 44.2 Å². The van der Waals surface area contributed by atoms with E-state index in [0.29, 0.717) is 5.75 Å². The van der Waals surface area contributed by atoms with Crippen LogP contribution in [0.1, 0.15) is 23.0 Å². The van der Waals surface area contributed by atoms with Gasteiger partial charge in [-0.25, -0.2) is 4.39 Å². The van der Waals surface area contributed by atoms with E-state index in [0.717, 1.165) is 4.47 Å². The van der Waals surface area contributed by atoms with Crippen molar-refractivity contribution in [3.8, 4) is 17.0 Å². The molecule has 0 aliphatic heterocycles. The first-order valence-corrected chi connectivity index (χ1v) is 9.88. The van der Waals surface area contributed by atoms with Crippen LogP contribution in [0.4, 0.5) is 4.39 Å². The van der Waals surface area contributed by atoms with Gasteiger partial charge in [-0.3, -0.25) is 20.4 Å². The van der Waals surface area contributed by atoms with Crippen molar-refractivity contribution in [2.45, 2.75) is 20.0 Å². The van der Waals surface area contributed by atoms with Crippen molar-refractivity contribution in [1.29, 1.82) is 0 Å². The lowest BCUT2D eigenvalue weighted by molar-refractivity contribution is -0.128. The maximum Gasteiger partial charge on any atom is 0.279 e. The van der Waals surface area contributed by atoms with Gasteiger partial charge < -0.3 is 9.26 Å². The highest BCUT2D eigenvalue weighted by Crippen LogP contribution is 2.33. The summed E-state index contributed by atoms with van der Waals surface area (Å²) in [5.41, 5.74) is 4.34. The van der Waals surface area contributed by atoms with E-state index < -0.39 is 23.7 Å². The third-order valence-electron chi connectivity index (χ3n) is 4.07. The average Bonchev–Trinajstić information content (AvgIpc) is 3.07. The van der Waals surface area contributed by atoms with E-state index in [2.05, 4.69) is 31.9 Å². The molecule has 0 radical (unpaired) electrons. The molecule has 2 N–H and O–H groups in total. The van der Waals surface area contributed by atoms with Crippen LogP contribution in [0.3, 0.4) is 0 Å². The van der Waals surface area contributed by atoms with Crippen molar-refractivity contribution in [2.24, 2.45) is 0 Å². The van der Waals surface area contributed by atoms with Gasteiger partial charge in [0.2, 0.25) is 0 Å². The third kappa shape index (κ3) is 4.80. The number of benzene rings is 2. The molecule has 1 aromatic heterocycles. The Hall–Kier alpha value is -2.91. The SMILES string of the molecule is Cc1onc(-c2c(F)cccc2Cl)c1C(=O)NNC(=O)C(C)Oc1cccc(Br)c1. The first-order chi connectivity index (χ1) is 14.3. The van der Waals surface area contributed by atoms with Crippen LogP contribution in [0.25, 0.3) is 11.3 Å². The zero-order chi connectivity index (χ0) is 21.8. The molecule has 1 unspecified atom stereocenters. The second-order valence-electron chi connectivity index (χ2n) is 6.22. The van der Waals surface area contributed by atoms with Crippen LogP contribution in [0.15, 0.2) is 51.5 Å². The molecule has 0 spiro atoms. The van der Waals surface area contributed by atoms with Crippen LogP contribution in [-0.4, -0.2) is 23.1 Å². The van der Waals surface area contributed by atoms with Crippen LogP contribution in [0, 0.1) is 12.7 Å². The zero-order valence-electron chi connectivity index (χ0n) is 15.8. The summed E-state index contributed by atoms with van der Waals surface area (Å²) in [6, 6.07) is 11.1. The van der Waals surface area contributed by atoms with Gasteiger partial charge >= 0.3 is 0 Å². The summed E-state index contributed by atoms with van der Waals surface area (Å²) in [5.74, 6) is -1.39. The van der Waals surface area contributed by atoms with E-state index in [1.54, 1.807) is 18.2 Å². The predicted molar refractivity (Wildman–Crippen MR) is 111 cm³/mol. The van der Waals surface area contributed by atoms with E-state index in [1.165, 1.54) is 32.0 Å². The molecule has 2 amide bonds. The highest BCUT2D eigenvalue weighted by atomic mass is 79.9. The lowest BCUT2D eigenvalue weighted by Gasteiger charge is -2.15. The van der Waals surface area contributed by atoms with Crippen molar-refractivity contribution < 1.29 is 23.2 Å². The normalized spacial score (nSPS) is 11.6. The van der Waals surface area contributed by atoms with Gasteiger partial charge in [0.1, 0.15) is 28.6 Å². The summed E-state index contributed by atoms with van der Waals surface area (Å²) in [4.78, 5) is 24.9. The number of hydrazine groups is 1. The van der Waals surface area contributed by atoms with Gasteiger partial charge in [0.05, 0.1) is 10.6 Å². The summed E-state index contributed by atoms with van der Waals surface area (Å²) in [6.45, 7) is 3.01. The van der Waals surface area contributed by atoms with Gasteiger partial charge in [-0.15, -0.1) is 0 Å². The van der Waals surface area contributed by atoms with E-state index >= 15 is 0 Å². The second-order valence-corrected chi connectivity index (χ2v) is 7.54. The van der Waals surface area contributed by atoms with Crippen molar-refractivity contribution in [1.82, 2.24) is 16.0 Å². The van der Waals surface area contributed by atoms with Crippen LogP contribution in [0.5, 0.6) is 5.75 Å². The van der Waals surface area contributed by atoms with E-state index in [9.17, 15) is 14.0 Å². The lowest BCUT2D eigenvalue weighted by atomic mass is 10.1. The number of halogens is 3. The molecule has 10 heteroatoms.